The Kier molecular flexibility index (Phi) is 53.7. The zero-order chi connectivity index (χ0) is 47.9. The Morgan fingerprint density at radius 3 is 0.879 bits per heavy atom. The van der Waals surface area contributed by atoms with Gasteiger partial charge in [0, 0.05) is 19.3 Å². The van der Waals surface area contributed by atoms with Crippen LogP contribution in [0.3, 0.4) is 0 Å². The van der Waals surface area contributed by atoms with E-state index in [0.29, 0.717) is 19.3 Å². The lowest BCUT2D eigenvalue weighted by Gasteiger charge is -2.18. The third kappa shape index (κ3) is 52.9. The summed E-state index contributed by atoms with van der Waals surface area (Å²) in [5.74, 6) is -0.862. The molecule has 388 valence electrons. The highest BCUT2D eigenvalue weighted by Crippen LogP contribution is 2.17. The zero-order valence-electron chi connectivity index (χ0n) is 44.5. The second kappa shape index (κ2) is 55.5. The van der Waals surface area contributed by atoms with Gasteiger partial charge in [0.15, 0.2) is 6.10 Å². The van der Waals surface area contributed by atoms with E-state index in [1.165, 1.54) is 205 Å². The van der Waals surface area contributed by atoms with Gasteiger partial charge in [-0.1, -0.05) is 283 Å². The van der Waals surface area contributed by atoms with Crippen molar-refractivity contribution in [2.75, 3.05) is 13.2 Å². The van der Waals surface area contributed by atoms with E-state index in [1.807, 2.05) is 0 Å². The van der Waals surface area contributed by atoms with E-state index < -0.39 is 6.10 Å². The van der Waals surface area contributed by atoms with E-state index in [2.05, 4.69) is 45.1 Å². The average molecular weight is 930 g/mol. The summed E-state index contributed by atoms with van der Waals surface area (Å²) in [5.41, 5.74) is 0. The molecule has 1 atom stereocenters. The fourth-order valence-electron chi connectivity index (χ4n) is 8.76. The van der Waals surface area contributed by atoms with Gasteiger partial charge in [-0.25, -0.2) is 0 Å². The second-order valence-corrected chi connectivity index (χ2v) is 19.9. The molecule has 66 heavy (non-hydrogen) atoms. The normalized spacial score (nSPS) is 12.1. The molecule has 0 rings (SSSR count). The molecule has 6 nitrogen and oxygen atoms in total. The number of ether oxygens (including phenoxy) is 3. The predicted octanol–water partition coefficient (Wildman–Crippen LogP) is 19.5. The van der Waals surface area contributed by atoms with Gasteiger partial charge in [-0.3, -0.25) is 14.4 Å². The summed E-state index contributed by atoms with van der Waals surface area (Å²) in [6, 6.07) is 0. The predicted molar refractivity (Wildman–Crippen MR) is 284 cm³/mol. The van der Waals surface area contributed by atoms with Crippen molar-refractivity contribution >= 4 is 17.9 Å². The van der Waals surface area contributed by atoms with Crippen LogP contribution in [-0.4, -0.2) is 37.2 Å². The molecule has 0 aliphatic rings. The second-order valence-electron chi connectivity index (χ2n) is 19.9. The number of hydrogen-bond donors (Lipinski definition) is 0. The number of unbranched alkanes of at least 4 members (excludes halogenated alkanes) is 39. The van der Waals surface area contributed by atoms with E-state index in [4.69, 9.17) is 14.2 Å². The molecule has 6 heteroatoms. The van der Waals surface area contributed by atoms with Gasteiger partial charge in [0.1, 0.15) is 13.2 Å². The first-order valence-corrected chi connectivity index (χ1v) is 29.3. The van der Waals surface area contributed by atoms with Crippen molar-refractivity contribution in [1.29, 1.82) is 0 Å². The number of carbonyl (C=O) groups is 3. The van der Waals surface area contributed by atoms with Crippen LogP contribution >= 0.6 is 0 Å². The molecule has 0 bridgehead atoms. The molecule has 0 heterocycles. The van der Waals surface area contributed by atoms with Gasteiger partial charge in [-0.15, -0.1) is 0 Å². The van der Waals surface area contributed by atoms with Crippen LogP contribution in [0.4, 0.5) is 0 Å². The first-order valence-electron chi connectivity index (χ1n) is 29.3. The third-order valence-corrected chi connectivity index (χ3v) is 13.2. The van der Waals surface area contributed by atoms with E-state index in [1.54, 1.807) is 0 Å². The van der Waals surface area contributed by atoms with Crippen LogP contribution < -0.4 is 0 Å². The Balaban J connectivity index is 4.32. The molecule has 0 amide bonds. The molecule has 0 saturated heterocycles. The Morgan fingerprint density at radius 2 is 0.561 bits per heavy atom. The molecular weight excluding hydrogens is 817 g/mol. The van der Waals surface area contributed by atoms with Gasteiger partial charge in [-0.05, 0) is 44.9 Å². The Hall–Kier alpha value is -2.11. The largest absolute Gasteiger partial charge is 0.462 e. The molecule has 0 aromatic carbocycles. The van der Waals surface area contributed by atoms with Crippen LogP contribution in [0, 0.1) is 0 Å². The molecule has 0 spiro atoms. The summed E-state index contributed by atoms with van der Waals surface area (Å²) >= 11 is 0. The van der Waals surface area contributed by atoms with Crippen LogP contribution in [-0.2, 0) is 28.6 Å². The summed E-state index contributed by atoms with van der Waals surface area (Å²) in [6.45, 7) is 6.64. The fourth-order valence-corrected chi connectivity index (χ4v) is 8.76. The maximum absolute atomic E-state index is 12.9. The fraction of sp³-hybridized carbons (Fsp3) is 0.883. The highest BCUT2D eigenvalue weighted by molar-refractivity contribution is 5.71. The molecule has 0 aliphatic heterocycles. The molecule has 0 radical (unpaired) electrons. The minimum atomic E-state index is -0.772. The Morgan fingerprint density at radius 1 is 0.303 bits per heavy atom. The first-order chi connectivity index (χ1) is 32.5. The summed E-state index contributed by atoms with van der Waals surface area (Å²) in [6.07, 6.45) is 64.5. The summed E-state index contributed by atoms with van der Waals surface area (Å²) in [4.78, 5) is 38.1. The molecule has 0 aliphatic carbocycles. The van der Waals surface area contributed by atoms with Crippen LogP contribution in [0.25, 0.3) is 0 Å². The summed E-state index contributed by atoms with van der Waals surface area (Å²) < 4.78 is 16.9. The molecule has 0 saturated carbocycles. The van der Waals surface area contributed by atoms with Crippen LogP contribution in [0.2, 0.25) is 0 Å². The average Bonchev–Trinajstić information content (AvgIpc) is 3.31. The van der Waals surface area contributed by atoms with E-state index >= 15 is 0 Å². The summed E-state index contributed by atoms with van der Waals surface area (Å²) in [5, 5.41) is 0. The van der Waals surface area contributed by atoms with Gasteiger partial charge < -0.3 is 14.2 Å². The number of carbonyl (C=O) groups excluding carboxylic acids is 3. The van der Waals surface area contributed by atoms with Crippen LogP contribution in [0.1, 0.15) is 323 Å². The smallest absolute Gasteiger partial charge is 0.306 e. The van der Waals surface area contributed by atoms with Crippen molar-refractivity contribution in [1.82, 2.24) is 0 Å². The number of allylic oxidation sites excluding steroid dienone is 4. The Bertz CT molecular complexity index is 1070. The zero-order valence-corrected chi connectivity index (χ0v) is 44.5. The summed E-state index contributed by atoms with van der Waals surface area (Å²) in [7, 11) is 0. The van der Waals surface area contributed by atoms with Crippen LogP contribution in [0.5, 0.6) is 0 Å². The molecule has 0 fully saturated rings. The maximum Gasteiger partial charge on any atom is 0.306 e. The Labute approximate surface area is 411 Å². The number of esters is 3. The minimum Gasteiger partial charge on any atom is -0.462 e. The van der Waals surface area contributed by atoms with E-state index in [-0.39, 0.29) is 31.1 Å². The van der Waals surface area contributed by atoms with E-state index in [0.717, 1.165) is 77.0 Å². The lowest BCUT2D eigenvalue weighted by Crippen LogP contribution is -2.30. The topological polar surface area (TPSA) is 78.9 Å². The molecule has 0 N–H and O–H groups in total. The van der Waals surface area contributed by atoms with Gasteiger partial charge in [-0.2, -0.15) is 0 Å². The molecule has 0 aromatic heterocycles. The SMILES string of the molecule is CCCC/C=C/C/C=C/CCCCCCCC(=O)OC[C@H](COC(=O)CCCCCCCCCCCCCCCCCCCC)OC(=O)CCCCCCCCCCCCCCCCCC. The number of rotatable bonds is 54. The number of hydrogen-bond acceptors (Lipinski definition) is 6. The van der Waals surface area contributed by atoms with Gasteiger partial charge in [0.25, 0.3) is 0 Å². The van der Waals surface area contributed by atoms with Crippen molar-refractivity contribution < 1.29 is 28.6 Å². The van der Waals surface area contributed by atoms with E-state index in [9.17, 15) is 14.4 Å². The van der Waals surface area contributed by atoms with Crippen molar-refractivity contribution in [3.63, 3.8) is 0 Å². The third-order valence-electron chi connectivity index (χ3n) is 13.2. The van der Waals surface area contributed by atoms with Crippen molar-refractivity contribution in [3.05, 3.63) is 24.3 Å². The van der Waals surface area contributed by atoms with Gasteiger partial charge in [0.2, 0.25) is 0 Å². The van der Waals surface area contributed by atoms with Crippen molar-refractivity contribution in [2.24, 2.45) is 0 Å². The lowest BCUT2D eigenvalue weighted by atomic mass is 10.0. The maximum atomic E-state index is 12.9. The first kappa shape index (κ1) is 63.9. The monoisotopic (exact) mass is 929 g/mol. The van der Waals surface area contributed by atoms with Crippen molar-refractivity contribution in [3.8, 4) is 0 Å². The molecule has 0 unspecified atom stereocenters. The highest BCUT2D eigenvalue weighted by Gasteiger charge is 2.19. The highest BCUT2D eigenvalue weighted by atomic mass is 16.6. The quantitative estimate of drug-likeness (QED) is 0.0262. The van der Waals surface area contributed by atoms with Gasteiger partial charge >= 0.3 is 17.9 Å². The molecular formula is C60H112O6. The molecule has 0 aromatic rings. The standard InChI is InChI=1S/C60H112O6/c1-4-7-10-13-16-19-22-25-28-30-31-33-35-38-41-44-47-50-53-59(62)65-56-57(55-64-58(61)52-49-46-43-40-37-34-27-24-21-18-15-12-9-6-3)66-60(63)54-51-48-45-42-39-36-32-29-26-23-20-17-14-11-8-5-2/h15,18,24,27,57H,4-14,16-17,19-23,25-26,28-56H2,1-3H3/b18-15+,27-24+/t57-/m1/s1. The van der Waals surface area contributed by atoms with Crippen LogP contribution in [0.15, 0.2) is 24.3 Å². The lowest BCUT2D eigenvalue weighted by molar-refractivity contribution is -0.167. The van der Waals surface area contributed by atoms with Gasteiger partial charge in [0.05, 0.1) is 0 Å². The van der Waals surface area contributed by atoms with Crippen molar-refractivity contribution in [2.45, 2.75) is 329 Å². The minimum absolute atomic E-state index is 0.0700.